The predicted molar refractivity (Wildman–Crippen MR) is 177 cm³/mol. The van der Waals surface area contributed by atoms with E-state index in [0.717, 1.165) is 24.8 Å². The summed E-state index contributed by atoms with van der Waals surface area (Å²) in [5, 5.41) is 36.8. The molecule has 0 spiro atoms. The number of amides is 3. The van der Waals surface area contributed by atoms with Gasteiger partial charge in [-0.1, -0.05) is 82.9 Å². The Kier molecular flexibility index (Phi) is 14.2. The molecule has 1 unspecified atom stereocenters. The number of ether oxygens (including phenoxy) is 1. The quantitative estimate of drug-likeness (QED) is 0.0888. The van der Waals surface area contributed by atoms with Crippen molar-refractivity contribution in [2.75, 3.05) is 16.0 Å². The lowest BCUT2D eigenvalue weighted by Gasteiger charge is -2.20. The van der Waals surface area contributed by atoms with Crippen molar-refractivity contribution in [3.8, 4) is 23.6 Å². The summed E-state index contributed by atoms with van der Waals surface area (Å²) < 4.78 is 6.18. The molecular weight excluding hydrogens is 566 g/mol. The van der Waals surface area contributed by atoms with Crippen molar-refractivity contribution >= 4 is 29.0 Å². The number of phenols is 1. The first-order chi connectivity index (χ1) is 21.8. The lowest BCUT2D eigenvalue weighted by Crippen LogP contribution is -2.33. The Morgan fingerprint density at radius 1 is 0.778 bits per heavy atom. The highest BCUT2D eigenvalue weighted by Crippen LogP contribution is 2.28. The number of aromatic hydroxyl groups is 1. The third-order valence-corrected chi connectivity index (χ3v) is 7.51. The predicted octanol–water partition coefficient (Wildman–Crippen LogP) is 8.79. The number of aryl methyl sites for hydroxylation is 1. The van der Waals surface area contributed by atoms with Crippen LogP contribution in [0.3, 0.4) is 0 Å². The number of hydrogen-bond acceptors (Lipinski definition) is 6. The number of carbonyl (C=O) groups excluding carboxylic acids is 2. The van der Waals surface area contributed by atoms with E-state index in [1.165, 1.54) is 75.3 Å². The first kappa shape index (κ1) is 34.5. The summed E-state index contributed by atoms with van der Waals surface area (Å²) in [7, 11) is 0. The number of nitriles is 2. The molecule has 0 aromatic heterocycles. The zero-order chi connectivity index (χ0) is 32.4. The standard InChI is InChI=1S/C36H43N5O4/c1-3-4-5-6-7-8-9-10-11-12-17-34(45-33-16-14-13-15-26(33)2)35(43)39-30-20-21-31(32(42)23-30)41-36(44)40-29-19-18-27(24-37)28(22-29)25-38/h13-16,18-23,34,42H,3-12,17H2,1-2H3,(H,39,43)(H2,40,41,44). The molecule has 9 nitrogen and oxygen atoms in total. The maximum atomic E-state index is 13.4. The Bertz CT molecular complexity index is 1510. The average Bonchev–Trinajstić information content (AvgIpc) is 3.03. The van der Waals surface area contributed by atoms with Crippen LogP contribution >= 0.6 is 0 Å². The van der Waals surface area contributed by atoms with E-state index in [1.807, 2.05) is 43.3 Å². The number of para-hydroxylation sites is 1. The number of urea groups is 1. The van der Waals surface area contributed by atoms with Crippen LogP contribution in [0.2, 0.25) is 0 Å². The van der Waals surface area contributed by atoms with E-state index in [9.17, 15) is 20.0 Å². The average molecular weight is 610 g/mol. The summed E-state index contributed by atoms with van der Waals surface area (Å²) in [5.41, 5.74) is 2.07. The Morgan fingerprint density at radius 2 is 1.40 bits per heavy atom. The number of nitrogens with one attached hydrogen (secondary N) is 3. The van der Waals surface area contributed by atoms with Crippen LogP contribution in [-0.2, 0) is 4.79 Å². The molecule has 0 radical (unpaired) electrons. The molecule has 3 aromatic carbocycles. The van der Waals surface area contributed by atoms with Crippen molar-refractivity contribution in [3.63, 3.8) is 0 Å². The van der Waals surface area contributed by atoms with E-state index in [-0.39, 0.29) is 28.5 Å². The highest BCUT2D eigenvalue weighted by atomic mass is 16.5. The van der Waals surface area contributed by atoms with Crippen molar-refractivity contribution in [2.45, 2.75) is 90.6 Å². The molecular formula is C36H43N5O4. The summed E-state index contributed by atoms with van der Waals surface area (Å²) in [6, 6.07) is 19.5. The van der Waals surface area contributed by atoms with Gasteiger partial charge in [-0.25, -0.2) is 4.79 Å². The molecule has 0 aliphatic rings. The second-order valence-electron chi connectivity index (χ2n) is 11.1. The number of hydrogen-bond donors (Lipinski definition) is 4. The highest BCUT2D eigenvalue weighted by Gasteiger charge is 2.22. The van der Waals surface area contributed by atoms with E-state index in [1.54, 1.807) is 6.07 Å². The molecule has 3 amide bonds. The second kappa shape index (κ2) is 18.6. The van der Waals surface area contributed by atoms with Crippen molar-refractivity contribution < 1.29 is 19.4 Å². The number of phenolic OH excluding ortho intramolecular Hbond substituents is 1. The lowest BCUT2D eigenvalue weighted by molar-refractivity contribution is -0.123. The number of benzene rings is 3. The minimum absolute atomic E-state index is 0.123. The summed E-state index contributed by atoms with van der Waals surface area (Å²) in [6.07, 6.45) is 11.8. The van der Waals surface area contributed by atoms with E-state index in [2.05, 4.69) is 22.9 Å². The van der Waals surface area contributed by atoms with Crippen LogP contribution in [0.15, 0.2) is 60.7 Å². The van der Waals surface area contributed by atoms with E-state index >= 15 is 0 Å². The van der Waals surface area contributed by atoms with Gasteiger partial charge in [0.05, 0.1) is 16.8 Å². The topological polar surface area (TPSA) is 147 Å². The van der Waals surface area contributed by atoms with Gasteiger partial charge >= 0.3 is 6.03 Å². The number of unbranched alkanes of at least 4 members (excludes halogenated alkanes) is 9. The number of nitrogens with zero attached hydrogens (tertiary/aromatic N) is 2. The van der Waals surface area contributed by atoms with Crippen LogP contribution in [0, 0.1) is 29.6 Å². The van der Waals surface area contributed by atoms with Gasteiger partial charge in [0.25, 0.3) is 5.91 Å². The number of anilines is 3. The van der Waals surface area contributed by atoms with Crippen LogP contribution in [0.25, 0.3) is 0 Å². The van der Waals surface area contributed by atoms with Gasteiger partial charge in [-0.15, -0.1) is 0 Å². The van der Waals surface area contributed by atoms with Crippen molar-refractivity contribution in [3.05, 3.63) is 77.4 Å². The van der Waals surface area contributed by atoms with Gasteiger partial charge in [-0.2, -0.15) is 10.5 Å². The van der Waals surface area contributed by atoms with E-state index < -0.39 is 12.1 Å². The molecule has 9 heteroatoms. The summed E-state index contributed by atoms with van der Waals surface area (Å²) >= 11 is 0. The largest absolute Gasteiger partial charge is 0.506 e. The highest BCUT2D eigenvalue weighted by molar-refractivity contribution is 6.01. The fraction of sp³-hybridized carbons (Fsp3) is 0.389. The van der Waals surface area contributed by atoms with Crippen LogP contribution in [0.4, 0.5) is 21.9 Å². The maximum Gasteiger partial charge on any atom is 0.323 e. The van der Waals surface area contributed by atoms with Crippen LogP contribution in [0.5, 0.6) is 11.5 Å². The van der Waals surface area contributed by atoms with Crippen molar-refractivity contribution in [2.24, 2.45) is 0 Å². The van der Waals surface area contributed by atoms with Crippen molar-refractivity contribution in [1.29, 1.82) is 10.5 Å². The summed E-state index contributed by atoms with van der Waals surface area (Å²) in [6.45, 7) is 4.17. The molecule has 0 heterocycles. The Balaban J connectivity index is 1.56. The van der Waals surface area contributed by atoms with E-state index in [4.69, 9.17) is 10.00 Å². The van der Waals surface area contributed by atoms with Gasteiger partial charge in [-0.3, -0.25) is 4.79 Å². The third kappa shape index (κ3) is 11.5. The van der Waals surface area contributed by atoms with Gasteiger partial charge in [0, 0.05) is 17.4 Å². The molecule has 0 fully saturated rings. The Labute approximate surface area is 266 Å². The minimum Gasteiger partial charge on any atom is -0.506 e. The van der Waals surface area contributed by atoms with Gasteiger partial charge in [-0.05, 0) is 61.7 Å². The monoisotopic (exact) mass is 609 g/mol. The fourth-order valence-corrected chi connectivity index (χ4v) is 4.94. The summed E-state index contributed by atoms with van der Waals surface area (Å²) in [4.78, 5) is 25.9. The maximum absolute atomic E-state index is 13.4. The molecule has 0 saturated carbocycles. The molecule has 45 heavy (non-hydrogen) atoms. The zero-order valence-corrected chi connectivity index (χ0v) is 26.2. The van der Waals surface area contributed by atoms with Gasteiger partial charge in [0.1, 0.15) is 23.6 Å². The Hall–Kier alpha value is -5.02. The number of rotatable bonds is 17. The van der Waals surface area contributed by atoms with Gasteiger partial charge < -0.3 is 25.8 Å². The molecule has 236 valence electrons. The smallest absolute Gasteiger partial charge is 0.323 e. The van der Waals surface area contributed by atoms with Gasteiger partial charge in [0.15, 0.2) is 6.10 Å². The lowest BCUT2D eigenvalue weighted by atomic mass is 10.0. The van der Waals surface area contributed by atoms with Crippen LogP contribution in [0.1, 0.15) is 94.2 Å². The number of carbonyl (C=O) groups is 2. The molecule has 3 aromatic rings. The zero-order valence-electron chi connectivity index (χ0n) is 26.2. The SMILES string of the molecule is CCCCCCCCCCCCC(Oc1ccccc1C)C(=O)Nc1ccc(NC(=O)Nc2ccc(C#N)c(C#N)c2)c(O)c1. The second-order valence-corrected chi connectivity index (χ2v) is 11.1. The molecule has 0 bridgehead atoms. The van der Waals surface area contributed by atoms with Crippen LogP contribution in [-0.4, -0.2) is 23.1 Å². The van der Waals surface area contributed by atoms with Crippen molar-refractivity contribution in [1.82, 2.24) is 0 Å². The Morgan fingerprint density at radius 3 is 2.04 bits per heavy atom. The molecule has 0 saturated heterocycles. The van der Waals surface area contributed by atoms with E-state index in [0.29, 0.717) is 23.5 Å². The third-order valence-electron chi connectivity index (χ3n) is 7.51. The van der Waals surface area contributed by atoms with Gasteiger partial charge in [0.2, 0.25) is 0 Å². The fourth-order valence-electron chi connectivity index (χ4n) is 4.94. The molecule has 1 atom stereocenters. The first-order valence-electron chi connectivity index (χ1n) is 15.7. The minimum atomic E-state index is -0.711. The molecule has 4 N–H and O–H groups in total. The normalized spacial score (nSPS) is 11.1. The molecule has 0 aliphatic heterocycles. The summed E-state index contributed by atoms with van der Waals surface area (Å²) in [5.74, 6) is 0.0926. The first-order valence-corrected chi connectivity index (χ1v) is 15.7. The molecule has 0 aliphatic carbocycles. The van der Waals surface area contributed by atoms with Crippen LogP contribution < -0.4 is 20.7 Å². The molecule has 3 rings (SSSR count).